The molecule has 0 heteroatoms. The minimum atomic E-state index is 0.882. The van der Waals surface area contributed by atoms with Crippen molar-refractivity contribution in [2.24, 2.45) is 23.7 Å². The largest absolute Gasteiger partial charge is 0.0651 e. The zero-order chi connectivity index (χ0) is 12.7. The van der Waals surface area contributed by atoms with E-state index in [0.29, 0.717) is 0 Å². The molecular weight excluding hydrogens is 204 g/mol. The van der Waals surface area contributed by atoms with Crippen LogP contribution in [0.1, 0.15) is 85.5 Å². The van der Waals surface area contributed by atoms with Crippen molar-refractivity contribution in [2.45, 2.75) is 85.5 Å². The predicted octanol–water partition coefficient (Wildman–Crippen LogP) is 6.06. The molecule has 0 saturated heterocycles. The van der Waals surface area contributed by atoms with Gasteiger partial charge >= 0.3 is 0 Å². The summed E-state index contributed by atoms with van der Waals surface area (Å²) in [4.78, 5) is 0. The van der Waals surface area contributed by atoms with Crippen molar-refractivity contribution in [3.63, 3.8) is 0 Å². The maximum atomic E-state index is 2.53. The molecule has 0 aliphatic heterocycles. The Morgan fingerprint density at radius 2 is 1.65 bits per heavy atom. The molecule has 1 saturated carbocycles. The minimum absolute atomic E-state index is 0.882. The molecule has 0 spiro atoms. The minimum Gasteiger partial charge on any atom is -0.0651 e. The first-order valence-corrected chi connectivity index (χ1v) is 8.15. The molecule has 17 heavy (non-hydrogen) atoms. The summed E-state index contributed by atoms with van der Waals surface area (Å²) >= 11 is 0. The van der Waals surface area contributed by atoms with Gasteiger partial charge in [-0.15, -0.1) is 0 Å². The Morgan fingerprint density at radius 1 is 1.00 bits per heavy atom. The molecule has 3 unspecified atom stereocenters. The molecule has 0 aromatic heterocycles. The molecular formula is C17H34. The first-order chi connectivity index (χ1) is 8.15. The Hall–Kier alpha value is 0. The molecule has 0 nitrogen and oxygen atoms in total. The van der Waals surface area contributed by atoms with Gasteiger partial charge in [0.25, 0.3) is 0 Å². The maximum absolute atomic E-state index is 2.53. The highest BCUT2D eigenvalue weighted by atomic mass is 14.3. The number of rotatable bonds is 4. The molecule has 1 fully saturated rings. The zero-order valence-corrected chi connectivity index (χ0v) is 12.7. The Balaban J connectivity index is 2.58. The molecule has 0 aromatic rings. The summed E-state index contributed by atoms with van der Waals surface area (Å²) in [6.45, 7) is 9.69. The molecule has 1 aliphatic carbocycles. The molecule has 0 N–H and O–H groups in total. The highest BCUT2D eigenvalue weighted by Crippen LogP contribution is 2.36. The van der Waals surface area contributed by atoms with Gasteiger partial charge in [0.2, 0.25) is 0 Å². The van der Waals surface area contributed by atoms with Crippen LogP contribution in [0, 0.1) is 23.7 Å². The van der Waals surface area contributed by atoms with E-state index in [-0.39, 0.29) is 0 Å². The summed E-state index contributed by atoms with van der Waals surface area (Å²) in [6, 6.07) is 0. The molecule has 0 heterocycles. The van der Waals surface area contributed by atoms with Gasteiger partial charge in [0.15, 0.2) is 0 Å². The van der Waals surface area contributed by atoms with Crippen molar-refractivity contribution in [3.8, 4) is 0 Å². The standard InChI is InChI=1S/C17H34/c1-5-16-11-9-7-6-8-10-15(4)17(16)13-12-14(2)3/h14-17H,5-13H2,1-4H3. The summed E-state index contributed by atoms with van der Waals surface area (Å²) in [6.07, 6.45) is 13.3. The van der Waals surface area contributed by atoms with Crippen LogP contribution in [0.25, 0.3) is 0 Å². The molecule has 0 amide bonds. The van der Waals surface area contributed by atoms with Crippen LogP contribution in [0.4, 0.5) is 0 Å². The lowest BCUT2D eigenvalue weighted by Gasteiger charge is -2.31. The normalized spacial score (nSPS) is 31.9. The van der Waals surface area contributed by atoms with Crippen LogP contribution in [0.15, 0.2) is 0 Å². The Bertz CT molecular complexity index is 182. The lowest BCUT2D eigenvalue weighted by molar-refractivity contribution is 0.190. The molecule has 102 valence electrons. The van der Waals surface area contributed by atoms with Crippen molar-refractivity contribution < 1.29 is 0 Å². The van der Waals surface area contributed by atoms with E-state index in [4.69, 9.17) is 0 Å². The van der Waals surface area contributed by atoms with E-state index in [9.17, 15) is 0 Å². The highest BCUT2D eigenvalue weighted by Gasteiger charge is 2.25. The van der Waals surface area contributed by atoms with Gasteiger partial charge in [0.1, 0.15) is 0 Å². The first-order valence-electron chi connectivity index (χ1n) is 8.15. The van der Waals surface area contributed by atoms with Crippen LogP contribution in [0.5, 0.6) is 0 Å². The third-order valence-electron chi connectivity index (χ3n) is 4.92. The van der Waals surface area contributed by atoms with Crippen molar-refractivity contribution in [2.75, 3.05) is 0 Å². The van der Waals surface area contributed by atoms with Gasteiger partial charge in [-0.25, -0.2) is 0 Å². The van der Waals surface area contributed by atoms with E-state index in [1.165, 1.54) is 57.8 Å². The molecule has 1 aliphatic rings. The lowest BCUT2D eigenvalue weighted by atomic mass is 9.74. The molecule has 0 bridgehead atoms. The summed E-state index contributed by atoms with van der Waals surface area (Å²) in [5, 5.41) is 0. The van der Waals surface area contributed by atoms with Gasteiger partial charge in [-0.1, -0.05) is 79.1 Å². The van der Waals surface area contributed by atoms with Gasteiger partial charge in [0.05, 0.1) is 0 Å². The average molecular weight is 238 g/mol. The van der Waals surface area contributed by atoms with Crippen LogP contribution in [-0.4, -0.2) is 0 Å². The van der Waals surface area contributed by atoms with Crippen LogP contribution < -0.4 is 0 Å². The predicted molar refractivity (Wildman–Crippen MR) is 78.2 cm³/mol. The third-order valence-corrected chi connectivity index (χ3v) is 4.92. The fraction of sp³-hybridized carbons (Fsp3) is 1.00. The fourth-order valence-electron chi connectivity index (χ4n) is 3.67. The number of hydrogen-bond donors (Lipinski definition) is 0. The highest BCUT2D eigenvalue weighted by molar-refractivity contribution is 4.76. The van der Waals surface area contributed by atoms with Crippen LogP contribution in [0.2, 0.25) is 0 Å². The van der Waals surface area contributed by atoms with E-state index in [1.807, 2.05) is 0 Å². The monoisotopic (exact) mass is 238 g/mol. The summed E-state index contributed by atoms with van der Waals surface area (Å²) in [5.41, 5.74) is 0. The van der Waals surface area contributed by atoms with Crippen molar-refractivity contribution >= 4 is 0 Å². The van der Waals surface area contributed by atoms with Gasteiger partial charge < -0.3 is 0 Å². The molecule has 0 radical (unpaired) electrons. The van der Waals surface area contributed by atoms with E-state index in [2.05, 4.69) is 27.7 Å². The Labute approximate surface area is 110 Å². The van der Waals surface area contributed by atoms with Crippen LogP contribution in [0.3, 0.4) is 0 Å². The summed E-state index contributed by atoms with van der Waals surface area (Å²) in [7, 11) is 0. The molecule has 0 aromatic carbocycles. The maximum Gasteiger partial charge on any atom is -0.0360 e. The lowest BCUT2D eigenvalue weighted by Crippen LogP contribution is -2.22. The van der Waals surface area contributed by atoms with Crippen LogP contribution >= 0.6 is 0 Å². The van der Waals surface area contributed by atoms with Crippen molar-refractivity contribution in [1.82, 2.24) is 0 Å². The van der Waals surface area contributed by atoms with Crippen molar-refractivity contribution in [1.29, 1.82) is 0 Å². The molecule has 3 atom stereocenters. The summed E-state index contributed by atoms with van der Waals surface area (Å²) < 4.78 is 0. The second-order valence-electron chi connectivity index (χ2n) is 6.77. The first kappa shape index (κ1) is 15.1. The van der Waals surface area contributed by atoms with E-state index < -0.39 is 0 Å². The SMILES string of the molecule is CCC1CCCCCCC(C)C1CCC(C)C. The van der Waals surface area contributed by atoms with Gasteiger partial charge in [-0.3, -0.25) is 0 Å². The average Bonchev–Trinajstić information content (AvgIpc) is 2.37. The van der Waals surface area contributed by atoms with Crippen molar-refractivity contribution in [3.05, 3.63) is 0 Å². The topological polar surface area (TPSA) is 0 Å². The Kier molecular flexibility index (Phi) is 7.23. The smallest absolute Gasteiger partial charge is 0.0360 e. The quantitative estimate of drug-likeness (QED) is 0.559. The second-order valence-corrected chi connectivity index (χ2v) is 6.77. The Morgan fingerprint density at radius 3 is 2.24 bits per heavy atom. The van der Waals surface area contributed by atoms with E-state index in [1.54, 1.807) is 0 Å². The van der Waals surface area contributed by atoms with Crippen LogP contribution in [-0.2, 0) is 0 Å². The van der Waals surface area contributed by atoms with E-state index in [0.717, 1.165) is 23.7 Å². The zero-order valence-electron chi connectivity index (χ0n) is 12.7. The fourth-order valence-corrected chi connectivity index (χ4v) is 3.67. The third kappa shape index (κ3) is 5.44. The van der Waals surface area contributed by atoms with Gasteiger partial charge in [0, 0.05) is 0 Å². The molecule has 1 rings (SSSR count). The number of hydrogen-bond acceptors (Lipinski definition) is 0. The van der Waals surface area contributed by atoms with Gasteiger partial charge in [-0.05, 0) is 30.1 Å². The van der Waals surface area contributed by atoms with Gasteiger partial charge in [-0.2, -0.15) is 0 Å². The summed E-state index contributed by atoms with van der Waals surface area (Å²) in [5.74, 6) is 3.88. The van der Waals surface area contributed by atoms with E-state index >= 15 is 0 Å². The second kappa shape index (κ2) is 8.16.